The van der Waals surface area contributed by atoms with Gasteiger partial charge in [0, 0.05) is 25.7 Å². The molecule has 24 heavy (non-hydrogen) atoms. The molecule has 0 radical (unpaired) electrons. The average Bonchev–Trinajstić information content (AvgIpc) is 2.52. The molecule has 1 aromatic rings. The first kappa shape index (κ1) is 18.2. The number of halogens is 3. The van der Waals surface area contributed by atoms with E-state index in [1.807, 2.05) is 6.92 Å². The van der Waals surface area contributed by atoms with Crippen LogP contribution in [0.25, 0.3) is 0 Å². The van der Waals surface area contributed by atoms with Gasteiger partial charge in [-0.2, -0.15) is 13.2 Å². The highest BCUT2D eigenvalue weighted by Gasteiger charge is 2.41. The van der Waals surface area contributed by atoms with Crippen LogP contribution in [-0.2, 0) is 6.42 Å². The van der Waals surface area contributed by atoms with Crippen LogP contribution in [0.1, 0.15) is 35.7 Å². The minimum atomic E-state index is -4.20. The van der Waals surface area contributed by atoms with Gasteiger partial charge in [-0.05, 0) is 25.3 Å². The fraction of sp³-hybridized carbons (Fsp3) is 0.562. The van der Waals surface area contributed by atoms with Crippen LogP contribution >= 0.6 is 0 Å². The third-order valence-corrected chi connectivity index (χ3v) is 4.54. The van der Waals surface area contributed by atoms with E-state index in [1.54, 1.807) is 11.9 Å². The number of anilines is 3. The topological polar surface area (TPSA) is 78.6 Å². The number of nitrogens with two attached hydrogens (primary N) is 1. The maximum atomic E-state index is 12.9. The summed E-state index contributed by atoms with van der Waals surface area (Å²) in [7, 11) is 1.69. The number of hydrogen-bond acceptors (Lipinski definition) is 4. The Balaban J connectivity index is 2.44. The summed E-state index contributed by atoms with van der Waals surface area (Å²) >= 11 is 0. The Bertz CT molecular complexity index is 624. The molecule has 134 valence electrons. The van der Waals surface area contributed by atoms with Gasteiger partial charge in [0.2, 0.25) is 0 Å². The van der Waals surface area contributed by atoms with Crippen LogP contribution < -0.4 is 16.0 Å². The Kier molecular flexibility index (Phi) is 5.15. The Hall–Kier alpha value is -2.12. The predicted octanol–water partition coefficient (Wildman–Crippen LogP) is 3.35. The summed E-state index contributed by atoms with van der Waals surface area (Å²) in [5.41, 5.74) is 8.12. The highest BCUT2D eigenvalue weighted by molar-refractivity contribution is 5.99. The number of nitrogen functional groups attached to an aromatic ring is 1. The van der Waals surface area contributed by atoms with Gasteiger partial charge < -0.3 is 21.1 Å². The average molecular weight is 345 g/mol. The Labute approximate surface area is 138 Å². The predicted molar refractivity (Wildman–Crippen MR) is 87.7 cm³/mol. The van der Waals surface area contributed by atoms with Crippen LogP contribution in [0, 0.1) is 5.92 Å². The van der Waals surface area contributed by atoms with Gasteiger partial charge >= 0.3 is 12.1 Å². The number of alkyl halides is 3. The van der Waals surface area contributed by atoms with Gasteiger partial charge in [0.05, 0.1) is 28.5 Å². The van der Waals surface area contributed by atoms with Crippen molar-refractivity contribution in [2.45, 2.75) is 32.4 Å². The molecule has 0 amide bonds. The lowest BCUT2D eigenvalue weighted by molar-refractivity contribution is -0.179. The van der Waals surface area contributed by atoms with Gasteiger partial charge in [-0.1, -0.05) is 6.92 Å². The van der Waals surface area contributed by atoms with Gasteiger partial charge in [-0.3, -0.25) is 0 Å². The van der Waals surface area contributed by atoms with Gasteiger partial charge in [0.25, 0.3) is 0 Å². The third-order valence-electron chi connectivity index (χ3n) is 4.54. The molecule has 1 aliphatic rings. The van der Waals surface area contributed by atoms with Crippen molar-refractivity contribution in [3.63, 3.8) is 0 Å². The molecule has 1 heterocycles. The summed E-state index contributed by atoms with van der Waals surface area (Å²) in [5.74, 6) is -2.46. The standard InChI is InChI=1S/C16H22F3N3O2/c1-3-10-13(21-2)12(20)8-11(15(23)24)14(10)22-6-4-9(5-7-22)16(17,18)19/h8-9,21H,3-7,20H2,1-2H3,(H,23,24). The smallest absolute Gasteiger partial charge is 0.391 e. The molecular weight excluding hydrogens is 323 g/mol. The number of benzene rings is 1. The van der Waals surface area contributed by atoms with Crippen molar-refractivity contribution in [3.05, 3.63) is 17.2 Å². The van der Waals surface area contributed by atoms with E-state index in [4.69, 9.17) is 5.73 Å². The van der Waals surface area contributed by atoms with Crippen molar-refractivity contribution in [2.24, 2.45) is 5.92 Å². The normalized spacial score (nSPS) is 16.3. The number of piperidine rings is 1. The minimum absolute atomic E-state index is 0.0359. The number of rotatable bonds is 4. The molecule has 0 unspecified atom stereocenters. The molecule has 2 rings (SSSR count). The largest absolute Gasteiger partial charge is 0.478 e. The van der Waals surface area contributed by atoms with Crippen molar-refractivity contribution in [1.82, 2.24) is 0 Å². The molecule has 0 aromatic heterocycles. The molecule has 0 spiro atoms. The molecule has 5 nitrogen and oxygen atoms in total. The van der Waals surface area contributed by atoms with Gasteiger partial charge in [0.1, 0.15) is 0 Å². The number of hydrogen-bond donors (Lipinski definition) is 3. The number of carboxylic acid groups (broad SMARTS) is 1. The second kappa shape index (κ2) is 6.78. The SMILES string of the molecule is CCc1c(NC)c(N)cc(C(=O)O)c1N1CCC(C(F)(F)F)CC1. The van der Waals surface area contributed by atoms with Crippen LogP contribution in [0.2, 0.25) is 0 Å². The summed E-state index contributed by atoms with van der Waals surface area (Å²) in [6.45, 7) is 2.21. The van der Waals surface area contributed by atoms with Crippen molar-refractivity contribution >= 4 is 23.0 Å². The molecule has 4 N–H and O–H groups in total. The summed E-state index contributed by atoms with van der Waals surface area (Å²) in [4.78, 5) is 13.4. The number of aromatic carboxylic acids is 1. The molecule has 0 bridgehead atoms. The third kappa shape index (κ3) is 3.37. The van der Waals surface area contributed by atoms with Gasteiger partial charge in [-0.25, -0.2) is 4.79 Å². The van der Waals surface area contributed by atoms with Gasteiger partial charge in [-0.15, -0.1) is 0 Å². The first-order valence-corrected chi connectivity index (χ1v) is 7.88. The summed E-state index contributed by atoms with van der Waals surface area (Å²) in [6.07, 6.45) is -3.75. The Morgan fingerprint density at radius 1 is 1.42 bits per heavy atom. The van der Waals surface area contributed by atoms with E-state index in [2.05, 4.69) is 5.32 Å². The number of nitrogens with zero attached hydrogens (tertiary/aromatic N) is 1. The van der Waals surface area contributed by atoms with E-state index >= 15 is 0 Å². The molecule has 8 heteroatoms. The summed E-state index contributed by atoms with van der Waals surface area (Å²) in [5, 5.41) is 12.5. The second-order valence-corrected chi connectivity index (χ2v) is 5.93. The Morgan fingerprint density at radius 2 is 2.00 bits per heavy atom. The molecule has 0 saturated carbocycles. The van der Waals surface area contributed by atoms with Crippen LogP contribution in [0.3, 0.4) is 0 Å². The summed E-state index contributed by atoms with van der Waals surface area (Å²) < 4.78 is 38.6. The highest BCUT2D eigenvalue weighted by Crippen LogP contribution is 2.40. The number of carbonyl (C=O) groups is 1. The van der Waals surface area contributed by atoms with Crippen LogP contribution in [-0.4, -0.2) is 37.4 Å². The van der Waals surface area contributed by atoms with Crippen LogP contribution in [0.4, 0.5) is 30.2 Å². The number of nitrogens with one attached hydrogen (secondary N) is 1. The Morgan fingerprint density at radius 3 is 2.42 bits per heavy atom. The van der Waals surface area contributed by atoms with Crippen molar-refractivity contribution in [2.75, 3.05) is 36.1 Å². The van der Waals surface area contributed by atoms with E-state index < -0.39 is 18.1 Å². The van der Waals surface area contributed by atoms with Crippen LogP contribution in [0.15, 0.2) is 6.07 Å². The first-order valence-electron chi connectivity index (χ1n) is 7.88. The molecule has 0 atom stereocenters. The van der Waals surface area contributed by atoms with E-state index in [-0.39, 0.29) is 31.5 Å². The van der Waals surface area contributed by atoms with Crippen molar-refractivity contribution in [3.8, 4) is 0 Å². The zero-order valence-electron chi connectivity index (χ0n) is 13.7. The summed E-state index contributed by atoms with van der Waals surface area (Å²) in [6, 6.07) is 1.37. The molecule has 1 aliphatic heterocycles. The maximum absolute atomic E-state index is 12.9. The highest BCUT2D eigenvalue weighted by atomic mass is 19.4. The molecule has 1 aromatic carbocycles. The molecule has 1 fully saturated rings. The lowest BCUT2D eigenvalue weighted by atomic mass is 9.93. The zero-order valence-corrected chi connectivity index (χ0v) is 13.7. The second-order valence-electron chi connectivity index (χ2n) is 5.93. The van der Waals surface area contributed by atoms with Crippen molar-refractivity contribution < 1.29 is 23.1 Å². The van der Waals surface area contributed by atoms with E-state index in [0.29, 0.717) is 23.5 Å². The monoisotopic (exact) mass is 345 g/mol. The quantitative estimate of drug-likeness (QED) is 0.730. The number of carboxylic acids is 1. The first-order chi connectivity index (χ1) is 11.2. The van der Waals surface area contributed by atoms with Crippen molar-refractivity contribution in [1.29, 1.82) is 0 Å². The van der Waals surface area contributed by atoms with E-state index in [0.717, 1.165) is 5.56 Å². The van der Waals surface area contributed by atoms with Gasteiger partial charge in [0.15, 0.2) is 0 Å². The van der Waals surface area contributed by atoms with E-state index in [9.17, 15) is 23.1 Å². The fourth-order valence-corrected chi connectivity index (χ4v) is 3.35. The van der Waals surface area contributed by atoms with E-state index in [1.165, 1.54) is 6.07 Å². The minimum Gasteiger partial charge on any atom is -0.478 e. The maximum Gasteiger partial charge on any atom is 0.391 e. The zero-order chi connectivity index (χ0) is 18.1. The fourth-order valence-electron chi connectivity index (χ4n) is 3.35. The molecule has 0 aliphatic carbocycles. The lowest BCUT2D eigenvalue weighted by Gasteiger charge is -2.36. The molecular formula is C16H22F3N3O2. The lowest BCUT2D eigenvalue weighted by Crippen LogP contribution is -2.40. The van der Waals surface area contributed by atoms with Crippen LogP contribution in [0.5, 0.6) is 0 Å². The molecule has 1 saturated heterocycles.